The third-order valence-electron chi connectivity index (χ3n) is 2.48. The summed E-state index contributed by atoms with van der Waals surface area (Å²) in [4.78, 5) is 11.8. The van der Waals surface area contributed by atoms with E-state index >= 15 is 0 Å². The third-order valence-corrected chi connectivity index (χ3v) is 2.48. The average Bonchev–Trinajstić information content (AvgIpc) is 2.26. The molecule has 1 atom stereocenters. The van der Waals surface area contributed by atoms with E-state index in [1.807, 2.05) is 6.92 Å². The van der Waals surface area contributed by atoms with Crippen molar-refractivity contribution in [2.75, 3.05) is 0 Å². The largest absolute Gasteiger partial charge is 0.456 e. The highest BCUT2D eigenvalue weighted by Crippen LogP contribution is 2.20. The van der Waals surface area contributed by atoms with Crippen LogP contribution < -0.4 is 5.73 Å². The van der Waals surface area contributed by atoms with Crippen molar-refractivity contribution in [3.05, 3.63) is 35.1 Å². The second-order valence-electron chi connectivity index (χ2n) is 5.26. The summed E-state index contributed by atoms with van der Waals surface area (Å²) >= 11 is 0. The molecule has 1 rings (SSSR count). The zero-order chi connectivity index (χ0) is 13.9. The van der Waals surface area contributed by atoms with Crippen molar-refractivity contribution in [1.29, 1.82) is 0 Å². The summed E-state index contributed by atoms with van der Waals surface area (Å²) < 4.78 is 18.8. The Bertz CT molecular complexity index is 444. The fraction of sp³-hybridized carbons (Fsp3) is 0.500. The second kappa shape index (κ2) is 6.87. The lowest BCUT2D eigenvalue weighted by Gasteiger charge is -2.20. The van der Waals surface area contributed by atoms with Crippen LogP contribution in [0.2, 0.25) is 0 Å². The monoisotopic (exact) mass is 289 g/mol. The first kappa shape index (κ1) is 17.9. The molecule has 0 bridgehead atoms. The molecule has 1 unspecified atom stereocenters. The van der Waals surface area contributed by atoms with Gasteiger partial charge < -0.3 is 10.5 Å². The Morgan fingerprint density at radius 2 is 2.00 bits per heavy atom. The molecule has 108 valence electrons. The van der Waals surface area contributed by atoms with Crippen molar-refractivity contribution < 1.29 is 13.9 Å². The quantitative estimate of drug-likeness (QED) is 0.865. The number of hydrogen-bond acceptors (Lipinski definition) is 3. The topological polar surface area (TPSA) is 52.3 Å². The van der Waals surface area contributed by atoms with Gasteiger partial charge in [0, 0.05) is 6.04 Å². The molecule has 0 aliphatic rings. The SMILES string of the molecule is CCC(N)c1ccc(F)c(C(=O)OC(C)(C)C)c1.Cl. The lowest BCUT2D eigenvalue weighted by Crippen LogP contribution is -2.24. The Labute approximate surface area is 119 Å². The minimum Gasteiger partial charge on any atom is -0.456 e. The number of nitrogens with two attached hydrogens (primary N) is 1. The maximum Gasteiger partial charge on any atom is 0.341 e. The van der Waals surface area contributed by atoms with Gasteiger partial charge in [0.1, 0.15) is 11.4 Å². The molecule has 2 N–H and O–H groups in total. The van der Waals surface area contributed by atoms with Gasteiger partial charge in [-0.05, 0) is 44.9 Å². The van der Waals surface area contributed by atoms with E-state index in [-0.39, 0.29) is 24.0 Å². The van der Waals surface area contributed by atoms with Crippen molar-refractivity contribution in [1.82, 2.24) is 0 Å². The Morgan fingerprint density at radius 1 is 1.42 bits per heavy atom. The van der Waals surface area contributed by atoms with Gasteiger partial charge in [-0.2, -0.15) is 0 Å². The third kappa shape index (κ3) is 5.17. The first-order chi connectivity index (χ1) is 8.24. The highest BCUT2D eigenvalue weighted by Gasteiger charge is 2.21. The molecule has 1 aromatic rings. The molecule has 0 fully saturated rings. The van der Waals surface area contributed by atoms with Crippen molar-refractivity contribution in [2.24, 2.45) is 5.73 Å². The van der Waals surface area contributed by atoms with Crippen LogP contribution in [0, 0.1) is 5.82 Å². The standard InChI is InChI=1S/C14H20FNO2.ClH/c1-5-12(16)9-6-7-11(15)10(8-9)13(17)18-14(2,3)4;/h6-8,12H,5,16H2,1-4H3;1H. The molecular formula is C14H21ClFNO2. The van der Waals surface area contributed by atoms with E-state index in [9.17, 15) is 9.18 Å². The van der Waals surface area contributed by atoms with Gasteiger partial charge in [0.15, 0.2) is 0 Å². The van der Waals surface area contributed by atoms with Gasteiger partial charge in [-0.3, -0.25) is 0 Å². The number of rotatable bonds is 3. The molecule has 3 nitrogen and oxygen atoms in total. The fourth-order valence-electron chi connectivity index (χ4n) is 1.50. The molecule has 0 aliphatic heterocycles. The molecular weight excluding hydrogens is 269 g/mol. The minimum atomic E-state index is -0.662. The van der Waals surface area contributed by atoms with E-state index in [4.69, 9.17) is 10.5 Å². The Morgan fingerprint density at radius 3 is 2.47 bits per heavy atom. The highest BCUT2D eigenvalue weighted by molar-refractivity contribution is 5.90. The van der Waals surface area contributed by atoms with E-state index in [2.05, 4.69) is 0 Å². The van der Waals surface area contributed by atoms with Gasteiger partial charge in [-0.15, -0.1) is 12.4 Å². The maximum absolute atomic E-state index is 13.6. The number of esters is 1. The van der Waals surface area contributed by atoms with Crippen molar-refractivity contribution in [2.45, 2.75) is 45.8 Å². The Kier molecular flexibility index (Phi) is 6.46. The van der Waals surface area contributed by atoms with Crippen LogP contribution in [0.5, 0.6) is 0 Å². The summed E-state index contributed by atoms with van der Waals surface area (Å²) in [6, 6.07) is 4.12. The van der Waals surface area contributed by atoms with Crippen LogP contribution >= 0.6 is 12.4 Å². The first-order valence-corrected chi connectivity index (χ1v) is 6.03. The van der Waals surface area contributed by atoms with Gasteiger partial charge >= 0.3 is 5.97 Å². The second-order valence-corrected chi connectivity index (χ2v) is 5.26. The first-order valence-electron chi connectivity index (χ1n) is 6.03. The summed E-state index contributed by atoms with van der Waals surface area (Å²) in [7, 11) is 0. The number of carbonyl (C=O) groups excluding carboxylic acids is 1. The predicted octanol–water partition coefficient (Wildman–Crippen LogP) is 3.61. The molecule has 0 heterocycles. The van der Waals surface area contributed by atoms with Crippen LogP contribution in [0.3, 0.4) is 0 Å². The van der Waals surface area contributed by atoms with Crippen LogP contribution in [0.1, 0.15) is 56.1 Å². The minimum absolute atomic E-state index is 0. The molecule has 5 heteroatoms. The maximum atomic E-state index is 13.6. The molecule has 0 aliphatic carbocycles. The number of benzene rings is 1. The Balaban J connectivity index is 0.00000324. The normalized spacial score (nSPS) is 12.5. The smallest absolute Gasteiger partial charge is 0.341 e. The van der Waals surface area contributed by atoms with Gasteiger partial charge in [0.2, 0.25) is 0 Å². The molecule has 19 heavy (non-hydrogen) atoms. The van der Waals surface area contributed by atoms with Crippen LogP contribution in [-0.4, -0.2) is 11.6 Å². The molecule has 0 spiro atoms. The van der Waals surface area contributed by atoms with Crippen LogP contribution in [-0.2, 0) is 4.74 Å². The number of carbonyl (C=O) groups is 1. The van der Waals surface area contributed by atoms with Gasteiger partial charge in [0.25, 0.3) is 0 Å². The molecule has 0 aromatic heterocycles. The average molecular weight is 290 g/mol. The lowest BCUT2D eigenvalue weighted by atomic mass is 10.0. The number of hydrogen-bond donors (Lipinski definition) is 1. The number of ether oxygens (including phenoxy) is 1. The highest BCUT2D eigenvalue weighted by atomic mass is 35.5. The predicted molar refractivity (Wildman–Crippen MR) is 76.0 cm³/mol. The molecule has 0 saturated carbocycles. The fourth-order valence-corrected chi connectivity index (χ4v) is 1.50. The van der Waals surface area contributed by atoms with Crippen LogP contribution in [0.25, 0.3) is 0 Å². The zero-order valence-electron chi connectivity index (χ0n) is 11.7. The summed E-state index contributed by atoms with van der Waals surface area (Å²) in [5.41, 5.74) is 5.89. The van der Waals surface area contributed by atoms with E-state index in [1.54, 1.807) is 26.8 Å². The van der Waals surface area contributed by atoms with Crippen molar-refractivity contribution in [3.8, 4) is 0 Å². The summed E-state index contributed by atoms with van der Waals surface area (Å²) in [5, 5.41) is 0. The van der Waals surface area contributed by atoms with Crippen molar-refractivity contribution in [3.63, 3.8) is 0 Å². The summed E-state index contributed by atoms with van der Waals surface area (Å²) in [5.74, 6) is -1.25. The lowest BCUT2D eigenvalue weighted by molar-refractivity contribution is 0.00646. The van der Waals surface area contributed by atoms with E-state index in [0.29, 0.717) is 0 Å². The molecule has 0 amide bonds. The van der Waals surface area contributed by atoms with Crippen LogP contribution in [0.4, 0.5) is 4.39 Å². The zero-order valence-corrected chi connectivity index (χ0v) is 12.5. The van der Waals surface area contributed by atoms with Gasteiger partial charge in [-0.1, -0.05) is 13.0 Å². The summed E-state index contributed by atoms with van der Waals surface area (Å²) in [6.45, 7) is 7.15. The molecule has 0 saturated heterocycles. The molecule has 1 aromatic carbocycles. The van der Waals surface area contributed by atoms with Crippen molar-refractivity contribution >= 4 is 18.4 Å². The molecule has 0 radical (unpaired) electrons. The van der Waals surface area contributed by atoms with E-state index in [1.165, 1.54) is 12.1 Å². The summed E-state index contributed by atoms with van der Waals surface area (Å²) in [6.07, 6.45) is 0.722. The van der Waals surface area contributed by atoms with E-state index < -0.39 is 17.4 Å². The van der Waals surface area contributed by atoms with Gasteiger partial charge in [0.05, 0.1) is 5.56 Å². The Hall–Kier alpha value is -1.13. The van der Waals surface area contributed by atoms with Gasteiger partial charge in [-0.25, -0.2) is 9.18 Å². The van der Waals surface area contributed by atoms with E-state index in [0.717, 1.165) is 12.0 Å². The number of halogens is 2. The van der Waals surface area contributed by atoms with Crippen LogP contribution in [0.15, 0.2) is 18.2 Å².